The van der Waals surface area contributed by atoms with E-state index >= 15 is 0 Å². The highest BCUT2D eigenvalue weighted by Gasteiger charge is 2.06. The third-order valence-electron chi connectivity index (χ3n) is 2.76. The topological polar surface area (TPSA) is 21.3 Å². The van der Waals surface area contributed by atoms with Gasteiger partial charge in [0, 0.05) is 13.2 Å². The number of ether oxygens (including phenoxy) is 1. The molecule has 13 heavy (non-hydrogen) atoms. The molecule has 0 saturated carbocycles. The Morgan fingerprint density at radius 1 is 1.23 bits per heavy atom. The Bertz CT molecular complexity index is 105. The molecule has 0 aromatic carbocycles. The van der Waals surface area contributed by atoms with Crippen molar-refractivity contribution in [1.29, 1.82) is 0 Å². The Hall–Kier alpha value is -0.0800. The van der Waals surface area contributed by atoms with Crippen molar-refractivity contribution >= 4 is 0 Å². The average Bonchev–Trinajstić information content (AvgIpc) is 2.22. The van der Waals surface area contributed by atoms with Gasteiger partial charge in [0.2, 0.25) is 0 Å². The summed E-state index contributed by atoms with van der Waals surface area (Å²) in [4.78, 5) is 0. The zero-order valence-electron chi connectivity index (χ0n) is 8.85. The fourth-order valence-corrected chi connectivity index (χ4v) is 1.68. The number of hydrogen-bond donors (Lipinski definition) is 1. The molecule has 0 aliphatic carbocycles. The van der Waals surface area contributed by atoms with Crippen LogP contribution in [0, 0.1) is 5.92 Å². The Labute approximate surface area is 82.0 Å². The first-order valence-corrected chi connectivity index (χ1v) is 5.72. The van der Waals surface area contributed by atoms with Crippen LogP contribution in [0.25, 0.3) is 0 Å². The molecule has 0 radical (unpaired) electrons. The van der Waals surface area contributed by atoms with E-state index in [-0.39, 0.29) is 0 Å². The summed E-state index contributed by atoms with van der Waals surface area (Å²) in [6.45, 7) is 6.49. The summed E-state index contributed by atoms with van der Waals surface area (Å²) >= 11 is 0. The predicted molar refractivity (Wildman–Crippen MR) is 55.9 cm³/mol. The maximum atomic E-state index is 5.63. The van der Waals surface area contributed by atoms with Crippen LogP contribution in [-0.4, -0.2) is 26.3 Å². The van der Waals surface area contributed by atoms with Crippen molar-refractivity contribution in [2.45, 2.75) is 39.0 Å². The van der Waals surface area contributed by atoms with Gasteiger partial charge in [-0.05, 0) is 31.7 Å². The van der Waals surface area contributed by atoms with Crippen LogP contribution in [0.3, 0.4) is 0 Å². The third-order valence-corrected chi connectivity index (χ3v) is 2.76. The summed E-state index contributed by atoms with van der Waals surface area (Å²) in [6.07, 6.45) is 6.49. The quantitative estimate of drug-likeness (QED) is 0.676. The van der Waals surface area contributed by atoms with E-state index in [0.717, 1.165) is 25.7 Å². The second-order valence-electron chi connectivity index (χ2n) is 3.97. The van der Waals surface area contributed by atoms with Crippen molar-refractivity contribution in [3.63, 3.8) is 0 Å². The lowest BCUT2D eigenvalue weighted by molar-refractivity contribution is 0.0958. The van der Waals surface area contributed by atoms with E-state index in [2.05, 4.69) is 12.2 Å². The summed E-state index contributed by atoms with van der Waals surface area (Å²) in [6, 6.07) is 0. The van der Waals surface area contributed by atoms with Gasteiger partial charge in [-0.25, -0.2) is 0 Å². The van der Waals surface area contributed by atoms with Crippen LogP contribution in [0.4, 0.5) is 0 Å². The van der Waals surface area contributed by atoms with Gasteiger partial charge in [0.05, 0.1) is 6.61 Å². The van der Waals surface area contributed by atoms with E-state index < -0.39 is 0 Å². The van der Waals surface area contributed by atoms with Gasteiger partial charge in [0.1, 0.15) is 0 Å². The highest BCUT2D eigenvalue weighted by atomic mass is 16.5. The first-order valence-electron chi connectivity index (χ1n) is 5.72. The molecule has 0 aromatic heterocycles. The van der Waals surface area contributed by atoms with Crippen molar-refractivity contribution in [1.82, 2.24) is 5.32 Å². The molecule has 2 nitrogen and oxygen atoms in total. The van der Waals surface area contributed by atoms with Gasteiger partial charge in [-0.15, -0.1) is 0 Å². The number of hydrogen-bond acceptors (Lipinski definition) is 2. The molecule has 2 heteroatoms. The molecule has 1 heterocycles. The van der Waals surface area contributed by atoms with Gasteiger partial charge in [0.25, 0.3) is 0 Å². The van der Waals surface area contributed by atoms with E-state index in [0.29, 0.717) is 0 Å². The monoisotopic (exact) mass is 185 g/mol. The van der Waals surface area contributed by atoms with Crippen LogP contribution >= 0.6 is 0 Å². The van der Waals surface area contributed by atoms with E-state index in [1.807, 2.05) is 0 Å². The first kappa shape index (κ1) is 11.0. The molecule has 1 saturated heterocycles. The molecule has 0 bridgehead atoms. The van der Waals surface area contributed by atoms with Crippen LogP contribution in [0.5, 0.6) is 0 Å². The minimum Gasteiger partial charge on any atom is -0.381 e. The van der Waals surface area contributed by atoms with Gasteiger partial charge in [-0.1, -0.05) is 19.8 Å². The van der Waals surface area contributed by atoms with Crippen LogP contribution in [0.15, 0.2) is 0 Å². The summed E-state index contributed by atoms with van der Waals surface area (Å²) in [5, 5.41) is 3.50. The second-order valence-corrected chi connectivity index (χ2v) is 3.97. The lowest BCUT2D eigenvalue weighted by atomic mass is 10.1. The smallest absolute Gasteiger partial charge is 0.0506 e. The molecule has 78 valence electrons. The Morgan fingerprint density at radius 3 is 2.92 bits per heavy atom. The number of rotatable bonds is 1. The summed E-state index contributed by atoms with van der Waals surface area (Å²) in [5.41, 5.74) is 0. The van der Waals surface area contributed by atoms with Gasteiger partial charge in [0.15, 0.2) is 0 Å². The first-order chi connectivity index (χ1) is 6.43. The Balaban J connectivity index is 2.18. The van der Waals surface area contributed by atoms with Crippen molar-refractivity contribution in [2.24, 2.45) is 5.92 Å². The van der Waals surface area contributed by atoms with Crippen molar-refractivity contribution < 1.29 is 4.74 Å². The van der Waals surface area contributed by atoms with Crippen molar-refractivity contribution in [2.75, 3.05) is 26.3 Å². The van der Waals surface area contributed by atoms with Crippen molar-refractivity contribution in [3.05, 3.63) is 0 Å². The fourth-order valence-electron chi connectivity index (χ4n) is 1.68. The molecule has 0 aromatic rings. The van der Waals surface area contributed by atoms with Crippen LogP contribution in [-0.2, 0) is 4.74 Å². The minimum atomic E-state index is 0.720. The van der Waals surface area contributed by atoms with Crippen LogP contribution in [0.1, 0.15) is 39.0 Å². The predicted octanol–water partition coefficient (Wildman–Crippen LogP) is 2.19. The summed E-state index contributed by atoms with van der Waals surface area (Å²) in [7, 11) is 0. The molecular formula is C11H23NO. The van der Waals surface area contributed by atoms with Crippen LogP contribution in [0.2, 0.25) is 0 Å². The van der Waals surface area contributed by atoms with E-state index in [9.17, 15) is 0 Å². The Morgan fingerprint density at radius 2 is 2.08 bits per heavy atom. The molecule has 0 amide bonds. The van der Waals surface area contributed by atoms with Gasteiger partial charge < -0.3 is 10.1 Å². The number of nitrogens with one attached hydrogen (secondary N) is 1. The second kappa shape index (κ2) is 7.34. The molecule has 1 aliphatic heterocycles. The zero-order chi connectivity index (χ0) is 9.36. The lowest BCUT2D eigenvalue weighted by Crippen LogP contribution is -2.26. The SMILES string of the molecule is CCC1CNCCCCCCOC1. The molecule has 1 atom stereocenters. The maximum Gasteiger partial charge on any atom is 0.0506 e. The van der Waals surface area contributed by atoms with Gasteiger partial charge >= 0.3 is 0 Å². The molecule has 1 unspecified atom stereocenters. The molecule has 1 aliphatic rings. The highest BCUT2D eigenvalue weighted by Crippen LogP contribution is 2.06. The molecular weight excluding hydrogens is 162 g/mol. The van der Waals surface area contributed by atoms with Crippen molar-refractivity contribution in [3.8, 4) is 0 Å². The fraction of sp³-hybridized carbons (Fsp3) is 1.00. The average molecular weight is 185 g/mol. The van der Waals surface area contributed by atoms with Crippen LogP contribution < -0.4 is 5.32 Å². The molecule has 1 fully saturated rings. The third kappa shape index (κ3) is 5.27. The highest BCUT2D eigenvalue weighted by molar-refractivity contribution is 4.61. The maximum absolute atomic E-state index is 5.63. The standard InChI is InChI=1S/C11H23NO/c1-2-11-9-12-7-5-3-4-6-8-13-10-11/h11-12H,2-10H2,1H3. The zero-order valence-corrected chi connectivity index (χ0v) is 8.85. The Kier molecular flexibility index (Phi) is 6.21. The summed E-state index contributed by atoms with van der Waals surface area (Å²) < 4.78 is 5.63. The van der Waals surface area contributed by atoms with Gasteiger partial charge in [-0.3, -0.25) is 0 Å². The lowest BCUT2D eigenvalue weighted by Gasteiger charge is -2.14. The molecule has 0 spiro atoms. The minimum absolute atomic E-state index is 0.720. The van der Waals surface area contributed by atoms with E-state index in [1.54, 1.807) is 0 Å². The summed E-state index contributed by atoms with van der Waals surface area (Å²) in [5.74, 6) is 0.720. The van der Waals surface area contributed by atoms with E-state index in [1.165, 1.54) is 38.6 Å². The molecule has 1 rings (SSSR count). The van der Waals surface area contributed by atoms with E-state index in [4.69, 9.17) is 4.74 Å². The van der Waals surface area contributed by atoms with Gasteiger partial charge in [-0.2, -0.15) is 0 Å². The molecule has 1 N–H and O–H groups in total. The largest absolute Gasteiger partial charge is 0.381 e. The normalized spacial score (nSPS) is 27.9.